The van der Waals surface area contributed by atoms with Gasteiger partial charge in [0, 0.05) is 5.39 Å². The van der Waals surface area contributed by atoms with Gasteiger partial charge in [-0.05, 0) is 24.5 Å². The predicted molar refractivity (Wildman–Crippen MR) is 52.8 cm³/mol. The van der Waals surface area contributed by atoms with Gasteiger partial charge in [-0.15, -0.1) is 0 Å². The first kappa shape index (κ1) is 8.30. The van der Waals surface area contributed by atoms with Gasteiger partial charge >= 0.3 is 0 Å². The van der Waals surface area contributed by atoms with E-state index in [-0.39, 0.29) is 0 Å². The molecule has 0 amide bonds. The Labute approximate surface area is 77.5 Å². The number of hydrogen-bond acceptors (Lipinski definition) is 2. The molecule has 0 radical (unpaired) electrons. The fourth-order valence-corrected chi connectivity index (χ4v) is 1.54. The molecule has 0 aliphatic heterocycles. The van der Waals surface area contributed by atoms with E-state index in [0.29, 0.717) is 5.92 Å². The molecule has 0 saturated carbocycles. The standard InChI is InChI=1S/C11H13NO/c1-7(2)10-9-6-4-5-8(3)11(9)13-12-10/h4-7H,1-3H3. The van der Waals surface area contributed by atoms with Gasteiger partial charge in [0.1, 0.15) is 0 Å². The highest BCUT2D eigenvalue weighted by atomic mass is 16.5. The summed E-state index contributed by atoms with van der Waals surface area (Å²) in [6.45, 7) is 6.29. The van der Waals surface area contributed by atoms with E-state index in [4.69, 9.17) is 4.52 Å². The van der Waals surface area contributed by atoms with Crippen LogP contribution in [-0.2, 0) is 0 Å². The van der Waals surface area contributed by atoms with Crippen LogP contribution in [-0.4, -0.2) is 5.16 Å². The van der Waals surface area contributed by atoms with Crippen LogP contribution in [0.4, 0.5) is 0 Å². The van der Waals surface area contributed by atoms with Gasteiger partial charge in [-0.3, -0.25) is 0 Å². The summed E-state index contributed by atoms with van der Waals surface area (Å²) in [7, 11) is 0. The maximum Gasteiger partial charge on any atom is 0.170 e. The molecule has 0 atom stereocenters. The second-order valence-corrected chi connectivity index (χ2v) is 3.67. The Morgan fingerprint density at radius 1 is 1.31 bits per heavy atom. The normalized spacial score (nSPS) is 11.4. The van der Waals surface area contributed by atoms with Crippen molar-refractivity contribution in [3.63, 3.8) is 0 Å². The second kappa shape index (κ2) is 2.87. The van der Waals surface area contributed by atoms with Gasteiger partial charge < -0.3 is 4.52 Å². The Balaban J connectivity index is 2.75. The molecular formula is C11H13NO. The highest BCUT2D eigenvalue weighted by Crippen LogP contribution is 2.26. The molecule has 2 nitrogen and oxygen atoms in total. The molecule has 0 N–H and O–H groups in total. The Morgan fingerprint density at radius 2 is 2.08 bits per heavy atom. The zero-order chi connectivity index (χ0) is 9.42. The minimum absolute atomic E-state index is 0.419. The van der Waals surface area contributed by atoms with E-state index in [1.165, 1.54) is 0 Å². The first-order valence-electron chi connectivity index (χ1n) is 4.55. The quantitative estimate of drug-likeness (QED) is 0.664. The van der Waals surface area contributed by atoms with Gasteiger partial charge in [-0.2, -0.15) is 0 Å². The lowest BCUT2D eigenvalue weighted by Crippen LogP contribution is -1.86. The molecule has 13 heavy (non-hydrogen) atoms. The van der Waals surface area contributed by atoms with Crippen LogP contribution in [0.15, 0.2) is 22.7 Å². The highest BCUT2D eigenvalue weighted by Gasteiger charge is 2.11. The van der Waals surface area contributed by atoms with Gasteiger partial charge in [0.05, 0.1) is 5.69 Å². The van der Waals surface area contributed by atoms with Crippen molar-refractivity contribution in [2.75, 3.05) is 0 Å². The largest absolute Gasteiger partial charge is 0.356 e. The van der Waals surface area contributed by atoms with E-state index in [2.05, 4.69) is 25.1 Å². The maximum atomic E-state index is 5.29. The van der Waals surface area contributed by atoms with Crippen molar-refractivity contribution in [1.82, 2.24) is 5.16 Å². The summed E-state index contributed by atoms with van der Waals surface area (Å²) in [5, 5.41) is 5.23. The number of nitrogens with zero attached hydrogens (tertiary/aromatic N) is 1. The van der Waals surface area contributed by atoms with Crippen LogP contribution in [0.5, 0.6) is 0 Å². The summed E-state index contributed by atoms with van der Waals surface area (Å²) in [5.74, 6) is 0.419. The van der Waals surface area contributed by atoms with Crippen molar-refractivity contribution in [3.8, 4) is 0 Å². The monoisotopic (exact) mass is 175 g/mol. The van der Waals surface area contributed by atoms with Crippen LogP contribution in [0.1, 0.15) is 31.0 Å². The molecule has 2 heteroatoms. The van der Waals surface area contributed by atoms with Crippen LogP contribution >= 0.6 is 0 Å². The first-order valence-corrected chi connectivity index (χ1v) is 4.55. The number of para-hydroxylation sites is 1. The third-order valence-electron chi connectivity index (χ3n) is 2.27. The zero-order valence-corrected chi connectivity index (χ0v) is 8.16. The number of rotatable bonds is 1. The number of hydrogen-bond donors (Lipinski definition) is 0. The third-order valence-corrected chi connectivity index (χ3v) is 2.27. The van der Waals surface area contributed by atoms with Gasteiger partial charge in [-0.25, -0.2) is 0 Å². The van der Waals surface area contributed by atoms with Crippen molar-refractivity contribution in [3.05, 3.63) is 29.5 Å². The van der Waals surface area contributed by atoms with Crippen LogP contribution in [0.3, 0.4) is 0 Å². The average molecular weight is 175 g/mol. The predicted octanol–water partition coefficient (Wildman–Crippen LogP) is 3.26. The molecule has 2 aromatic rings. The molecule has 0 fully saturated rings. The molecule has 2 rings (SSSR count). The lowest BCUT2D eigenvalue weighted by atomic mass is 10.0. The lowest BCUT2D eigenvalue weighted by Gasteiger charge is -1.98. The first-order chi connectivity index (χ1) is 6.20. The average Bonchev–Trinajstić information content (AvgIpc) is 2.48. The molecule has 0 bridgehead atoms. The van der Waals surface area contributed by atoms with Crippen LogP contribution in [0, 0.1) is 6.92 Å². The summed E-state index contributed by atoms with van der Waals surface area (Å²) >= 11 is 0. The van der Waals surface area contributed by atoms with Crippen LogP contribution < -0.4 is 0 Å². The summed E-state index contributed by atoms with van der Waals surface area (Å²) in [6, 6.07) is 6.15. The highest BCUT2D eigenvalue weighted by molar-refractivity contribution is 5.82. The Kier molecular flexibility index (Phi) is 1.83. The van der Waals surface area contributed by atoms with Crippen molar-refractivity contribution in [2.45, 2.75) is 26.7 Å². The number of aryl methyl sites for hydroxylation is 1. The molecule has 0 aliphatic rings. The zero-order valence-electron chi connectivity index (χ0n) is 8.16. The third kappa shape index (κ3) is 1.22. The summed E-state index contributed by atoms with van der Waals surface area (Å²) in [4.78, 5) is 0. The minimum atomic E-state index is 0.419. The molecule has 68 valence electrons. The smallest absolute Gasteiger partial charge is 0.170 e. The van der Waals surface area contributed by atoms with Crippen molar-refractivity contribution >= 4 is 11.0 Å². The summed E-state index contributed by atoms with van der Waals surface area (Å²) in [6.07, 6.45) is 0. The summed E-state index contributed by atoms with van der Waals surface area (Å²) in [5.41, 5.74) is 3.13. The van der Waals surface area contributed by atoms with E-state index < -0.39 is 0 Å². The lowest BCUT2D eigenvalue weighted by molar-refractivity contribution is 0.440. The van der Waals surface area contributed by atoms with E-state index in [1.807, 2.05) is 19.1 Å². The summed E-state index contributed by atoms with van der Waals surface area (Å²) < 4.78 is 5.29. The minimum Gasteiger partial charge on any atom is -0.356 e. The molecular weight excluding hydrogens is 162 g/mol. The Bertz CT molecular complexity index is 429. The molecule has 1 aromatic heterocycles. The molecule has 1 aromatic carbocycles. The molecule has 1 heterocycles. The van der Waals surface area contributed by atoms with E-state index in [1.54, 1.807) is 0 Å². The van der Waals surface area contributed by atoms with Gasteiger partial charge in [0.25, 0.3) is 0 Å². The van der Waals surface area contributed by atoms with Crippen LogP contribution in [0.25, 0.3) is 11.0 Å². The van der Waals surface area contributed by atoms with Crippen LogP contribution in [0.2, 0.25) is 0 Å². The van der Waals surface area contributed by atoms with Crippen molar-refractivity contribution < 1.29 is 4.52 Å². The second-order valence-electron chi connectivity index (χ2n) is 3.67. The SMILES string of the molecule is Cc1cccc2c(C(C)C)noc12. The van der Waals surface area contributed by atoms with E-state index in [0.717, 1.165) is 22.2 Å². The molecule has 0 spiro atoms. The van der Waals surface area contributed by atoms with Gasteiger partial charge in [0.15, 0.2) is 5.58 Å². The number of fused-ring (bicyclic) bond motifs is 1. The molecule has 0 unspecified atom stereocenters. The maximum absolute atomic E-state index is 5.29. The van der Waals surface area contributed by atoms with Crippen molar-refractivity contribution in [2.24, 2.45) is 0 Å². The Hall–Kier alpha value is -1.31. The van der Waals surface area contributed by atoms with Gasteiger partial charge in [0.2, 0.25) is 0 Å². The molecule has 0 saturated heterocycles. The van der Waals surface area contributed by atoms with Gasteiger partial charge in [-0.1, -0.05) is 31.1 Å². The Morgan fingerprint density at radius 3 is 2.77 bits per heavy atom. The number of aromatic nitrogens is 1. The molecule has 0 aliphatic carbocycles. The van der Waals surface area contributed by atoms with E-state index in [9.17, 15) is 0 Å². The fourth-order valence-electron chi connectivity index (χ4n) is 1.54. The van der Waals surface area contributed by atoms with Crippen molar-refractivity contribution in [1.29, 1.82) is 0 Å². The van der Waals surface area contributed by atoms with E-state index >= 15 is 0 Å². The fraction of sp³-hybridized carbons (Fsp3) is 0.364. The number of benzene rings is 1. The topological polar surface area (TPSA) is 26.0 Å².